The predicted octanol–water partition coefficient (Wildman–Crippen LogP) is 5.69. The zero-order valence-corrected chi connectivity index (χ0v) is 23.8. The maximum Gasteiger partial charge on any atom is 0.303 e. The second-order valence-corrected chi connectivity index (χ2v) is 12.5. The van der Waals surface area contributed by atoms with Gasteiger partial charge in [-0.3, -0.25) is 4.79 Å². The molecule has 0 aliphatic rings. The molecule has 0 radical (unpaired) electrons. The number of rotatable bonds is 24. The van der Waals surface area contributed by atoms with E-state index in [4.69, 9.17) is 14.0 Å². The number of esters is 1. The highest BCUT2D eigenvalue weighted by Gasteiger charge is 2.19. The number of hydrogen-bond donors (Lipinski definition) is 0. The van der Waals surface area contributed by atoms with Crippen molar-refractivity contribution in [1.29, 1.82) is 0 Å². The van der Waals surface area contributed by atoms with Crippen molar-refractivity contribution in [2.24, 2.45) is 0 Å². The molecular formula is C26H54NO6P. The van der Waals surface area contributed by atoms with Crippen LogP contribution < -0.4 is 4.89 Å². The van der Waals surface area contributed by atoms with Crippen LogP contribution in [0.25, 0.3) is 0 Å². The van der Waals surface area contributed by atoms with Crippen LogP contribution in [0, 0.1) is 0 Å². The first-order chi connectivity index (χ1) is 16.1. The second kappa shape index (κ2) is 20.7. The molecule has 2 atom stereocenters. The molecule has 0 saturated carbocycles. The lowest BCUT2D eigenvalue weighted by Gasteiger charge is -2.30. The Labute approximate surface area is 210 Å². The van der Waals surface area contributed by atoms with Gasteiger partial charge in [0, 0.05) is 13.5 Å². The smallest absolute Gasteiger partial charge is 0.303 e. The average molecular weight is 508 g/mol. The van der Waals surface area contributed by atoms with Crippen molar-refractivity contribution in [3.63, 3.8) is 0 Å². The third-order valence-electron chi connectivity index (χ3n) is 5.78. The van der Waals surface area contributed by atoms with Crippen LogP contribution >= 0.6 is 7.60 Å². The number of carbonyl (C=O) groups is 1. The van der Waals surface area contributed by atoms with Gasteiger partial charge in [-0.1, -0.05) is 90.4 Å². The molecule has 7 nitrogen and oxygen atoms in total. The fourth-order valence-electron chi connectivity index (χ4n) is 3.65. The number of nitrogens with zero attached hydrogens (tertiary/aromatic N) is 1. The zero-order chi connectivity index (χ0) is 25.7. The van der Waals surface area contributed by atoms with Gasteiger partial charge >= 0.3 is 5.97 Å². The summed E-state index contributed by atoms with van der Waals surface area (Å²) in [5.74, 6) is -0.471. The molecule has 0 aliphatic carbocycles. The van der Waals surface area contributed by atoms with Gasteiger partial charge in [0.2, 0.25) is 0 Å². The minimum atomic E-state index is -3.97. The molecule has 0 saturated heterocycles. The summed E-state index contributed by atoms with van der Waals surface area (Å²) in [5.41, 5.74) is 0. The van der Waals surface area contributed by atoms with Crippen LogP contribution in [-0.2, 0) is 23.4 Å². The van der Waals surface area contributed by atoms with Gasteiger partial charge in [-0.2, -0.15) is 0 Å². The molecule has 204 valence electrons. The summed E-state index contributed by atoms with van der Waals surface area (Å²) in [6.45, 7) is 4.54. The Kier molecular flexibility index (Phi) is 20.4. The normalized spacial score (nSPS) is 14.6. The quantitative estimate of drug-likeness (QED) is 0.0722. The first kappa shape index (κ1) is 33.5. The molecule has 0 rings (SSSR count). The molecule has 8 heteroatoms. The van der Waals surface area contributed by atoms with Crippen molar-refractivity contribution in [2.75, 3.05) is 53.7 Å². The first-order valence-electron chi connectivity index (χ1n) is 13.6. The Morgan fingerprint density at radius 3 is 1.74 bits per heavy atom. The van der Waals surface area contributed by atoms with Gasteiger partial charge in [-0.15, -0.1) is 0 Å². The van der Waals surface area contributed by atoms with Crippen LogP contribution in [0.4, 0.5) is 0 Å². The van der Waals surface area contributed by atoms with Gasteiger partial charge in [0.1, 0.15) is 13.7 Å². The molecule has 0 amide bonds. The van der Waals surface area contributed by atoms with Gasteiger partial charge in [-0.05, 0) is 6.42 Å². The Hall–Kier alpha value is -0.460. The largest absolute Gasteiger partial charge is 0.778 e. The molecule has 0 spiro atoms. The van der Waals surface area contributed by atoms with E-state index in [1.807, 2.05) is 21.1 Å². The van der Waals surface area contributed by atoms with Crippen molar-refractivity contribution in [1.82, 2.24) is 0 Å². The molecule has 0 bridgehead atoms. The third kappa shape index (κ3) is 24.7. The highest BCUT2D eigenvalue weighted by atomic mass is 31.2. The van der Waals surface area contributed by atoms with Gasteiger partial charge < -0.3 is 27.9 Å². The minimum absolute atomic E-state index is 0.0524. The van der Waals surface area contributed by atoms with Crippen LogP contribution in [0.3, 0.4) is 0 Å². The molecule has 0 heterocycles. The summed E-state index contributed by atoms with van der Waals surface area (Å²) in [7, 11) is 1.80. The highest BCUT2D eigenvalue weighted by molar-refractivity contribution is 7.51. The van der Waals surface area contributed by atoms with E-state index in [2.05, 4.69) is 6.92 Å². The van der Waals surface area contributed by atoms with Crippen molar-refractivity contribution < 1.29 is 32.7 Å². The summed E-state index contributed by atoms with van der Waals surface area (Å²) in [4.78, 5) is 23.4. The topological polar surface area (TPSA) is 84.9 Å². The summed E-state index contributed by atoms with van der Waals surface area (Å²) >= 11 is 0. The number of ether oxygens (including phenoxy) is 2. The molecule has 34 heavy (non-hydrogen) atoms. The van der Waals surface area contributed by atoms with E-state index < -0.39 is 19.7 Å². The molecule has 0 aromatic carbocycles. The van der Waals surface area contributed by atoms with Crippen molar-refractivity contribution in [3.05, 3.63) is 0 Å². The van der Waals surface area contributed by atoms with Crippen molar-refractivity contribution in [2.45, 2.75) is 110 Å². The maximum atomic E-state index is 12.1. The number of unbranched alkanes of at least 4 members (excludes halogenated alkanes) is 13. The van der Waals surface area contributed by atoms with E-state index >= 15 is 0 Å². The average Bonchev–Trinajstić information content (AvgIpc) is 2.75. The minimum Gasteiger partial charge on any atom is -0.778 e. The Balaban J connectivity index is 3.76. The van der Waals surface area contributed by atoms with E-state index in [-0.39, 0.29) is 19.4 Å². The highest BCUT2D eigenvalue weighted by Crippen LogP contribution is 2.37. The van der Waals surface area contributed by atoms with E-state index in [1.54, 1.807) is 0 Å². The van der Waals surface area contributed by atoms with Crippen LogP contribution in [0.1, 0.15) is 104 Å². The molecule has 0 aromatic rings. The van der Waals surface area contributed by atoms with Crippen LogP contribution in [0.2, 0.25) is 0 Å². The predicted molar refractivity (Wildman–Crippen MR) is 138 cm³/mol. The van der Waals surface area contributed by atoms with E-state index in [1.165, 1.54) is 84.0 Å². The lowest BCUT2D eigenvalue weighted by Crippen LogP contribution is -2.38. The van der Waals surface area contributed by atoms with Gasteiger partial charge in [-0.25, -0.2) is 0 Å². The molecule has 0 aliphatic heterocycles. The molecule has 2 unspecified atom stereocenters. The number of hydrogen-bond acceptors (Lipinski definition) is 6. The monoisotopic (exact) mass is 507 g/mol. The third-order valence-corrected chi connectivity index (χ3v) is 7.07. The summed E-state index contributed by atoms with van der Waals surface area (Å²) in [5, 5.41) is 0. The van der Waals surface area contributed by atoms with Crippen molar-refractivity contribution >= 4 is 13.6 Å². The van der Waals surface area contributed by atoms with Gasteiger partial charge in [0.05, 0.1) is 47.1 Å². The molecule has 0 fully saturated rings. The van der Waals surface area contributed by atoms with Gasteiger partial charge in [0.25, 0.3) is 0 Å². The Morgan fingerprint density at radius 1 is 0.824 bits per heavy atom. The van der Waals surface area contributed by atoms with E-state index in [0.717, 1.165) is 12.8 Å². The standard InChI is InChI=1S/C26H54NO6P/c1-6-7-8-9-10-11-12-13-14-15-16-17-18-19-21-31-23-26(33-25(2)28)24-32-34(29,30)22-20-27(3,4)5/h26H,6-24H2,1-5H3. The fourth-order valence-corrected chi connectivity index (χ4v) is 5.02. The van der Waals surface area contributed by atoms with Crippen LogP contribution in [-0.4, -0.2) is 70.2 Å². The lowest BCUT2D eigenvalue weighted by molar-refractivity contribution is -0.868. The number of quaternary nitrogens is 1. The first-order valence-corrected chi connectivity index (χ1v) is 15.3. The second-order valence-electron chi connectivity index (χ2n) is 10.5. The number of carbonyl (C=O) groups excluding carboxylic acids is 1. The van der Waals surface area contributed by atoms with Crippen LogP contribution in [0.5, 0.6) is 0 Å². The summed E-state index contributed by atoms with van der Waals surface area (Å²) in [6.07, 6.45) is 17.5. The summed E-state index contributed by atoms with van der Waals surface area (Å²) < 4.78 is 28.5. The maximum absolute atomic E-state index is 12.1. The fraction of sp³-hybridized carbons (Fsp3) is 0.962. The Bertz CT molecular complexity index is 538. The van der Waals surface area contributed by atoms with E-state index in [0.29, 0.717) is 17.6 Å². The van der Waals surface area contributed by atoms with Crippen LogP contribution in [0.15, 0.2) is 0 Å². The molecular weight excluding hydrogens is 453 g/mol. The zero-order valence-electron chi connectivity index (χ0n) is 22.9. The SMILES string of the molecule is CCCCCCCCCCCCCCCCOCC(COP(=O)([O-])CC[N+](C)(C)C)OC(C)=O. The van der Waals surface area contributed by atoms with Crippen molar-refractivity contribution in [3.8, 4) is 0 Å². The molecule has 0 N–H and O–H groups in total. The van der Waals surface area contributed by atoms with Gasteiger partial charge in [0.15, 0.2) is 0 Å². The Morgan fingerprint density at radius 2 is 1.29 bits per heavy atom. The van der Waals surface area contributed by atoms with E-state index in [9.17, 15) is 14.3 Å². The summed E-state index contributed by atoms with van der Waals surface area (Å²) in [6, 6.07) is 0. The molecule has 0 aromatic heterocycles. The lowest BCUT2D eigenvalue weighted by atomic mass is 10.0.